The molecular weight excluding hydrogens is 417 g/mol. The van der Waals surface area contributed by atoms with Crippen molar-refractivity contribution < 1.29 is 19.0 Å². The monoisotopic (exact) mass is 435 g/mol. The summed E-state index contributed by atoms with van der Waals surface area (Å²) in [5, 5.41) is 8.18. The number of rotatable bonds is 7. The second kappa shape index (κ2) is 9.07. The number of carbonyl (C=O) groups is 1. The molecule has 7 nitrogen and oxygen atoms in total. The molecule has 0 saturated carbocycles. The summed E-state index contributed by atoms with van der Waals surface area (Å²) in [6.07, 6.45) is 3.26. The molecule has 0 unspecified atom stereocenters. The van der Waals surface area contributed by atoms with E-state index in [1.54, 1.807) is 41.3 Å². The molecule has 1 heterocycles. The Bertz CT molecular complexity index is 1010. The smallest absolute Gasteiger partial charge is 0.256 e. The highest BCUT2D eigenvalue weighted by atomic mass is 35.5. The maximum absolute atomic E-state index is 12.7. The van der Waals surface area contributed by atoms with Crippen molar-refractivity contribution in [3.63, 3.8) is 0 Å². The average molecular weight is 436 g/mol. The minimum absolute atomic E-state index is 0.340. The maximum Gasteiger partial charge on any atom is 0.256 e. The molecule has 9 heteroatoms. The van der Waals surface area contributed by atoms with Gasteiger partial charge in [0.25, 0.3) is 5.91 Å². The fraction of sp³-hybridized carbons (Fsp3) is 0.200. The van der Waals surface area contributed by atoms with Gasteiger partial charge in [-0.3, -0.25) is 9.48 Å². The molecule has 0 fully saturated rings. The highest BCUT2D eigenvalue weighted by molar-refractivity contribution is 6.35. The number of hydrogen-bond donors (Lipinski definition) is 1. The van der Waals surface area contributed by atoms with Crippen LogP contribution in [0.3, 0.4) is 0 Å². The van der Waals surface area contributed by atoms with Crippen molar-refractivity contribution >= 4 is 34.8 Å². The van der Waals surface area contributed by atoms with E-state index in [0.717, 1.165) is 5.56 Å². The standard InChI is InChI=1S/C20H19Cl2N3O4/c1-27-17-6-13(7-18(28-2)19(17)29-3)20(26)24-15-9-23-25(11-15)10-12-4-5-14(21)8-16(12)22/h4-9,11H,10H2,1-3H3,(H,24,26). The second-order valence-corrected chi connectivity index (χ2v) is 6.87. The molecule has 152 valence electrons. The van der Waals surface area contributed by atoms with E-state index >= 15 is 0 Å². The number of ether oxygens (including phenoxy) is 3. The Balaban J connectivity index is 1.76. The minimum Gasteiger partial charge on any atom is -0.493 e. The number of carbonyl (C=O) groups excluding carboxylic acids is 1. The maximum atomic E-state index is 12.7. The first kappa shape index (κ1) is 20.8. The molecule has 0 aliphatic rings. The van der Waals surface area contributed by atoms with Crippen LogP contribution in [-0.4, -0.2) is 37.0 Å². The van der Waals surface area contributed by atoms with Gasteiger partial charge in [0.1, 0.15) is 0 Å². The van der Waals surface area contributed by atoms with E-state index < -0.39 is 0 Å². The molecule has 0 bridgehead atoms. The van der Waals surface area contributed by atoms with Gasteiger partial charge in [0.05, 0.1) is 39.8 Å². The number of halogens is 2. The summed E-state index contributed by atoms with van der Waals surface area (Å²) in [5.41, 5.74) is 1.75. The van der Waals surface area contributed by atoms with Crippen molar-refractivity contribution in [2.45, 2.75) is 6.54 Å². The van der Waals surface area contributed by atoms with Crippen molar-refractivity contribution in [3.8, 4) is 17.2 Å². The van der Waals surface area contributed by atoms with Gasteiger partial charge in [-0.05, 0) is 29.8 Å². The highest BCUT2D eigenvalue weighted by Gasteiger charge is 2.17. The summed E-state index contributed by atoms with van der Waals surface area (Å²) in [4.78, 5) is 12.7. The fourth-order valence-electron chi connectivity index (χ4n) is 2.75. The summed E-state index contributed by atoms with van der Waals surface area (Å²) in [7, 11) is 4.48. The topological polar surface area (TPSA) is 74.6 Å². The number of aromatic nitrogens is 2. The predicted octanol–water partition coefficient (Wildman–Crippen LogP) is 4.52. The Labute approximate surface area is 178 Å². The first-order valence-corrected chi connectivity index (χ1v) is 9.28. The van der Waals surface area contributed by atoms with Gasteiger partial charge < -0.3 is 19.5 Å². The van der Waals surface area contributed by atoms with Crippen LogP contribution in [0.15, 0.2) is 42.7 Å². The van der Waals surface area contributed by atoms with E-state index in [9.17, 15) is 4.79 Å². The van der Waals surface area contributed by atoms with Crippen molar-refractivity contribution in [2.75, 3.05) is 26.6 Å². The Morgan fingerprint density at radius 3 is 2.34 bits per heavy atom. The van der Waals surface area contributed by atoms with E-state index in [2.05, 4.69) is 10.4 Å². The molecule has 29 heavy (non-hydrogen) atoms. The molecule has 3 aromatic rings. The van der Waals surface area contributed by atoms with E-state index in [-0.39, 0.29) is 5.91 Å². The lowest BCUT2D eigenvalue weighted by Gasteiger charge is -2.13. The number of benzene rings is 2. The van der Waals surface area contributed by atoms with E-state index in [1.165, 1.54) is 21.3 Å². The zero-order valence-electron chi connectivity index (χ0n) is 16.0. The Morgan fingerprint density at radius 2 is 1.76 bits per heavy atom. The quantitative estimate of drug-likeness (QED) is 0.590. The normalized spacial score (nSPS) is 10.5. The number of methoxy groups -OCH3 is 3. The van der Waals surface area contributed by atoms with Crippen LogP contribution >= 0.6 is 23.2 Å². The van der Waals surface area contributed by atoms with Crippen LogP contribution in [0.5, 0.6) is 17.2 Å². The minimum atomic E-state index is -0.340. The second-order valence-electron chi connectivity index (χ2n) is 6.03. The lowest BCUT2D eigenvalue weighted by molar-refractivity contribution is 0.102. The lowest BCUT2D eigenvalue weighted by atomic mass is 10.1. The molecule has 0 saturated heterocycles. The molecule has 1 N–H and O–H groups in total. The molecule has 2 aromatic carbocycles. The third-order valence-corrected chi connectivity index (χ3v) is 4.75. The first-order chi connectivity index (χ1) is 13.9. The van der Waals surface area contributed by atoms with Gasteiger partial charge in [0.2, 0.25) is 5.75 Å². The van der Waals surface area contributed by atoms with Crippen LogP contribution in [0, 0.1) is 0 Å². The van der Waals surface area contributed by atoms with Gasteiger partial charge in [-0.1, -0.05) is 29.3 Å². The van der Waals surface area contributed by atoms with Gasteiger partial charge in [-0.25, -0.2) is 0 Å². The first-order valence-electron chi connectivity index (χ1n) is 8.53. The third kappa shape index (κ3) is 4.75. The number of amides is 1. The van der Waals surface area contributed by atoms with Gasteiger partial charge in [-0.2, -0.15) is 5.10 Å². The van der Waals surface area contributed by atoms with E-state index in [0.29, 0.717) is 45.1 Å². The largest absolute Gasteiger partial charge is 0.493 e. The van der Waals surface area contributed by atoms with Crippen LogP contribution in [0.1, 0.15) is 15.9 Å². The van der Waals surface area contributed by atoms with Crippen molar-refractivity contribution in [1.29, 1.82) is 0 Å². The number of anilines is 1. The molecule has 0 aliphatic heterocycles. The highest BCUT2D eigenvalue weighted by Crippen LogP contribution is 2.38. The van der Waals surface area contributed by atoms with Gasteiger partial charge in [0.15, 0.2) is 11.5 Å². The molecule has 0 aliphatic carbocycles. The van der Waals surface area contributed by atoms with Crippen molar-refractivity contribution in [2.24, 2.45) is 0 Å². The fourth-order valence-corrected chi connectivity index (χ4v) is 3.22. The SMILES string of the molecule is COc1cc(C(=O)Nc2cnn(Cc3ccc(Cl)cc3Cl)c2)cc(OC)c1OC. The zero-order valence-corrected chi connectivity index (χ0v) is 17.5. The summed E-state index contributed by atoms with van der Waals surface area (Å²) >= 11 is 12.1. The van der Waals surface area contributed by atoms with Crippen LogP contribution in [0.2, 0.25) is 10.0 Å². The van der Waals surface area contributed by atoms with Gasteiger partial charge >= 0.3 is 0 Å². The van der Waals surface area contributed by atoms with Crippen LogP contribution in [-0.2, 0) is 6.54 Å². The summed E-state index contributed by atoms with van der Waals surface area (Å²) < 4.78 is 17.5. The Morgan fingerprint density at radius 1 is 1.07 bits per heavy atom. The molecule has 1 amide bonds. The third-order valence-electron chi connectivity index (χ3n) is 4.17. The van der Waals surface area contributed by atoms with Crippen molar-refractivity contribution in [1.82, 2.24) is 9.78 Å². The van der Waals surface area contributed by atoms with E-state index in [1.807, 2.05) is 6.07 Å². The molecule has 1 aromatic heterocycles. The van der Waals surface area contributed by atoms with Gasteiger partial charge in [0, 0.05) is 21.8 Å². The lowest BCUT2D eigenvalue weighted by Crippen LogP contribution is -2.12. The van der Waals surface area contributed by atoms with Crippen molar-refractivity contribution in [3.05, 3.63) is 63.9 Å². The van der Waals surface area contributed by atoms with Crippen LogP contribution in [0.4, 0.5) is 5.69 Å². The molecule has 3 rings (SSSR count). The zero-order chi connectivity index (χ0) is 21.0. The summed E-state index contributed by atoms with van der Waals surface area (Å²) in [5.74, 6) is 0.864. The number of nitrogens with one attached hydrogen (secondary N) is 1. The van der Waals surface area contributed by atoms with Crippen LogP contribution < -0.4 is 19.5 Å². The predicted molar refractivity (Wildman–Crippen MR) is 112 cm³/mol. The van der Waals surface area contributed by atoms with Gasteiger partial charge in [-0.15, -0.1) is 0 Å². The van der Waals surface area contributed by atoms with E-state index in [4.69, 9.17) is 37.4 Å². The molecule has 0 spiro atoms. The molecule has 0 radical (unpaired) electrons. The summed E-state index contributed by atoms with van der Waals surface area (Å²) in [6.45, 7) is 0.441. The molecular formula is C20H19Cl2N3O4. The molecule has 0 atom stereocenters. The average Bonchev–Trinajstić information content (AvgIpc) is 3.15. The Hall–Kier alpha value is -2.90. The Kier molecular flexibility index (Phi) is 6.51. The number of hydrogen-bond acceptors (Lipinski definition) is 5. The number of nitrogens with zero attached hydrogens (tertiary/aromatic N) is 2. The van der Waals surface area contributed by atoms with Crippen LogP contribution in [0.25, 0.3) is 0 Å². The summed E-state index contributed by atoms with van der Waals surface area (Å²) in [6, 6.07) is 8.43.